The molecule has 0 saturated carbocycles. The van der Waals surface area contributed by atoms with Crippen molar-refractivity contribution in [3.63, 3.8) is 0 Å². The molecule has 1 aromatic heterocycles. The van der Waals surface area contributed by atoms with Gasteiger partial charge in [0.15, 0.2) is 0 Å². The van der Waals surface area contributed by atoms with Crippen molar-refractivity contribution in [1.82, 2.24) is 9.71 Å². The summed E-state index contributed by atoms with van der Waals surface area (Å²) in [6.45, 7) is 5.48. The first kappa shape index (κ1) is 14.9. The van der Waals surface area contributed by atoms with Gasteiger partial charge >= 0.3 is 0 Å². The van der Waals surface area contributed by atoms with Crippen LogP contribution in [0.5, 0.6) is 0 Å². The number of aromatic nitrogens is 1. The van der Waals surface area contributed by atoms with Gasteiger partial charge in [-0.3, -0.25) is 4.79 Å². The minimum absolute atomic E-state index is 0.0896. The highest BCUT2D eigenvalue weighted by Crippen LogP contribution is 2.28. The molecule has 0 bridgehead atoms. The first-order valence-corrected chi connectivity index (χ1v) is 7.88. The summed E-state index contributed by atoms with van der Waals surface area (Å²) in [5.41, 5.74) is 0.261. The molecule has 1 amide bonds. The van der Waals surface area contributed by atoms with E-state index in [4.69, 9.17) is 4.74 Å². The number of carbonyl (C=O) groups is 1. The van der Waals surface area contributed by atoms with E-state index < -0.39 is 26.8 Å². The number of aryl methyl sites for hydroxylation is 1. The third-order valence-electron chi connectivity index (χ3n) is 3.17. The Morgan fingerprint density at radius 1 is 1.45 bits per heavy atom. The normalized spacial score (nSPS) is 21.6. The van der Waals surface area contributed by atoms with Crippen LogP contribution in [0.15, 0.2) is 18.2 Å². The molecule has 1 saturated heterocycles. The van der Waals surface area contributed by atoms with Crippen molar-refractivity contribution in [2.75, 3.05) is 6.61 Å². The Kier molecular flexibility index (Phi) is 3.84. The van der Waals surface area contributed by atoms with Crippen molar-refractivity contribution in [3.8, 4) is 0 Å². The lowest BCUT2D eigenvalue weighted by Gasteiger charge is -2.16. The second-order valence-electron chi connectivity index (χ2n) is 5.54. The highest BCUT2D eigenvalue weighted by Gasteiger charge is 2.40. The summed E-state index contributed by atoms with van der Waals surface area (Å²) >= 11 is 0. The molecule has 1 aliphatic rings. The van der Waals surface area contributed by atoms with Crippen LogP contribution in [-0.4, -0.2) is 36.8 Å². The van der Waals surface area contributed by atoms with Crippen molar-refractivity contribution in [3.05, 3.63) is 29.6 Å². The zero-order valence-corrected chi connectivity index (χ0v) is 12.5. The van der Waals surface area contributed by atoms with Crippen LogP contribution in [0.4, 0.5) is 0 Å². The van der Waals surface area contributed by atoms with Gasteiger partial charge < -0.3 is 4.74 Å². The highest BCUT2D eigenvalue weighted by molar-refractivity contribution is 7.90. The number of nitrogens with zero attached hydrogens (tertiary/aromatic N) is 1. The highest BCUT2D eigenvalue weighted by atomic mass is 32.2. The van der Waals surface area contributed by atoms with Crippen LogP contribution in [0, 0.1) is 6.92 Å². The molecular weight excluding hydrogens is 280 g/mol. The van der Waals surface area contributed by atoms with Crippen molar-refractivity contribution < 1.29 is 17.9 Å². The lowest BCUT2D eigenvalue weighted by Crippen LogP contribution is -2.39. The fourth-order valence-electron chi connectivity index (χ4n) is 2.12. The van der Waals surface area contributed by atoms with Gasteiger partial charge in [0, 0.05) is 5.69 Å². The van der Waals surface area contributed by atoms with E-state index in [1.54, 1.807) is 19.1 Å². The molecule has 2 rings (SSSR count). The zero-order valence-electron chi connectivity index (χ0n) is 11.7. The number of hydrogen-bond acceptors (Lipinski definition) is 5. The van der Waals surface area contributed by atoms with Gasteiger partial charge in [-0.2, -0.15) is 0 Å². The fourth-order valence-corrected chi connectivity index (χ4v) is 3.52. The van der Waals surface area contributed by atoms with Gasteiger partial charge in [-0.25, -0.2) is 18.1 Å². The second-order valence-corrected chi connectivity index (χ2v) is 7.50. The number of nitrogens with one attached hydrogen (secondary N) is 1. The van der Waals surface area contributed by atoms with E-state index in [0.717, 1.165) is 0 Å². The lowest BCUT2D eigenvalue weighted by atomic mass is 10.1. The van der Waals surface area contributed by atoms with Gasteiger partial charge in [0.25, 0.3) is 5.91 Å². The summed E-state index contributed by atoms with van der Waals surface area (Å²) in [7, 11) is -3.76. The number of ether oxygens (including phenoxy) is 1. The monoisotopic (exact) mass is 298 g/mol. The number of hydrogen-bond donors (Lipinski definition) is 1. The smallest absolute Gasteiger partial charge is 0.283 e. The molecule has 110 valence electrons. The molecule has 1 aliphatic heterocycles. The van der Waals surface area contributed by atoms with Gasteiger partial charge in [-0.15, -0.1) is 0 Å². The topological polar surface area (TPSA) is 85.4 Å². The molecule has 1 unspecified atom stereocenters. The summed E-state index contributed by atoms with van der Waals surface area (Å²) in [5.74, 6) is -0.710. The number of amides is 1. The molecule has 1 fully saturated rings. The van der Waals surface area contributed by atoms with Crippen LogP contribution in [0.25, 0.3) is 0 Å². The Morgan fingerprint density at radius 3 is 2.70 bits per heavy atom. The maximum absolute atomic E-state index is 12.1. The van der Waals surface area contributed by atoms with Crippen molar-refractivity contribution in [2.45, 2.75) is 38.0 Å². The van der Waals surface area contributed by atoms with E-state index in [-0.39, 0.29) is 12.3 Å². The average Bonchev–Trinajstić information content (AvgIpc) is 2.70. The lowest BCUT2D eigenvalue weighted by molar-refractivity contribution is 0.0368. The van der Waals surface area contributed by atoms with E-state index in [0.29, 0.717) is 12.1 Å². The van der Waals surface area contributed by atoms with E-state index in [1.165, 1.54) is 6.07 Å². The number of rotatable bonds is 3. The Labute approximate surface area is 118 Å². The third-order valence-corrected chi connectivity index (χ3v) is 4.82. The second kappa shape index (κ2) is 5.14. The average molecular weight is 298 g/mol. The van der Waals surface area contributed by atoms with Crippen molar-refractivity contribution in [1.29, 1.82) is 0 Å². The van der Waals surface area contributed by atoms with Gasteiger partial charge in [0.05, 0.1) is 12.2 Å². The van der Waals surface area contributed by atoms with Crippen LogP contribution >= 0.6 is 0 Å². The Balaban J connectivity index is 2.11. The molecule has 6 nitrogen and oxygen atoms in total. The summed E-state index contributed by atoms with van der Waals surface area (Å²) in [4.78, 5) is 15.9. The molecule has 1 N–H and O–H groups in total. The Hall–Kier alpha value is -1.47. The number of sulfonamides is 1. The molecule has 20 heavy (non-hydrogen) atoms. The maximum atomic E-state index is 12.1. The largest absolute Gasteiger partial charge is 0.374 e. The molecule has 1 aromatic rings. The molecule has 2 heterocycles. The number of carbonyl (C=O) groups excluding carboxylic acids is 1. The maximum Gasteiger partial charge on any atom is 0.283 e. The van der Waals surface area contributed by atoms with Crippen molar-refractivity contribution in [2.24, 2.45) is 0 Å². The minimum atomic E-state index is -3.76. The summed E-state index contributed by atoms with van der Waals surface area (Å²) in [6.07, 6.45) is 0.358. The number of pyridine rings is 1. The van der Waals surface area contributed by atoms with E-state index >= 15 is 0 Å². The molecule has 7 heteroatoms. The molecule has 0 aromatic carbocycles. The molecule has 0 aliphatic carbocycles. The van der Waals surface area contributed by atoms with Gasteiger partial charge in [0.2, 0.25) is 10.0 Å². The first-order chi connectivity index (χ1) is 9.20. The Bertz CT molecular complexity index is 625. The van der Waals surface area contributed by atoms with Gasteiger partial charge in [-0.05, 0) is 39.3 Å². The van der Waals surface area contributed by atoms with E-state index in [9.17, 15) is 13.2 Å². The Morgan fingerprint density at radius 2 is 2.15 bits per heavy atom. The predicted molar refractivity (Wildman–Crippen MR) is 73.8 cm³/mol. The molecule has 1 atom stereocenters. The zero-order chi connectivity index (χ0) is 15.0. The fraction of sp³-hybridized carbons (Fsp3) is 0.538. The minimum Gasteiger partial charge on any atom is -0.374 e. The molecular formula is C13H18N2O4S. The SMILES string of the molecule is Cc1cccc(C(=O)NS(=O)(=O)C2COC(C)(C)C2)n1. The van der Waals surface area contributed by atoms with Crippen LogP contribution < -0.4 is 4.72 Å². The van der Waals surface area contributed by atoms with Gasteiger partial charge in [-0.1, -0.05) is 6.07 Å². The standard InChI is InChI=1S/C13H18N2O4S/c1-9-5-4-6-11(14-9)12(16)15-20(17,18)10-7-13(2,3)19-8-10/h4-6,10H,7-8H2,1-3H3,(H,15,16). The first-order valence-electron chi connectivity index (χ1n) is 6.33. The van der Waals surface area contributed by atoms with Crippen LogP contribution in [0.2, 0.25) is 0 Å². The quantitative estimate of drug-likeness (QED) is 0.900. The summed E-state index contributed by atoms with van der Waals surface area (Å²) in [6, 6.07) is 4.87. The summed E-state index contributed by atoms with van der Waals surface area (Å²) < 4.78 is 31.8. The predicted octanol–water partition coefficient (Wildman–Crippen LogP) is 1.02. The van der Waals surface area contributed by atoms with Crippen LogP contribution in [0.3, 0.4) is 0 Å². The van der Waals surface area contributed by atoms with Gasteiger partial charge in [0.1, 0.15) is 10.9 Å². The van der Waals surface area contributed by atoms with E-state index in [2.05, 4.69) is 9.71 Å². The van der Waals surface area contributed by atoms with Crippen LogP contribution in [0.1, 0.15) is 36.5 Å². The van der Waals surface area contributed by atoms with E-state index in [1.807, 2.05) is 13.8 Å². The van der Waals surface area contributed by atoms with Crippen LogP contribution in [-0.2, 0) is 14.8 Å². The third kappa shape index (κ3) is 3.34. The van der Waals surface area contributed by atoms with Crippen molar-refractivity contribution >= 4 is 15.9 Å². The molecule has 0 radical (unpaired) electrons. The molecule has 0 spiro atoms. The summed E-state index contributed by atoms with van der Waals surface area (Å²) in [5, 5.41) is -0.716.